The highest BCUT2D eigenvalue weighted by Gasteiger charge is 2.26. The summed E-state index contributed by atoms with van der Waals surface area (Å²) in [5.41, 5.74) is 5.39. The summed E-state index contributed by atoms with van der Waals surface area (Å²) in [4.78, 5) is 35.2. The zero-order valence-electron chi connectivity index (χ0n) is 51.6. The Bertz CT molecular complexity index is 1520. The lowest BCUT2D eigenvalue weighted by Gasteiger charge is -2.19. The van der Waals surface area contributed by atoms with Gasteiger partial charge in [-0.05, 0) is 64.2 Å². The summed E-state index contributed by atoms with van der Waals surface area (Å²) in [6.07, 6.45) is 84.5. The SMILES string of the molecule is CC/C=C\C/C=C\C/C=C\C/C=C\C/C=C\C/C=C\CCCCC(=O)OC(COC(=O)CCCCCCCCCCCCCCCCCCCCCCCCCCCCCCCCCCCCCCC)COP(=O)(O)OCCN. The first-order chi connectivity index (χ1) is 38.8. The second kappa shape index (κ2) is 64.6. The monoisotopic (exact) mass is 1130 g/mol. The lowest BCUT2D eigenvalue weighted by Crippen LogP contribution is -2.29. The van der Waals surface area contributed by atoms with Crippen molar-refractivity contribution >= 4 is 19.8 Å². The van der Waals surface area contributed by atoms with Crippen LogP contribution >= 0.6 is 7.82 Å². The van der Waals surface area contributed by atoms with Crippen LogP contribution < -0.4 is 5.73 Å². The quantitative estimate of drug-likeness (QED) is 0.0264. The van der Waals surface area contributed by atoms with Crippen LogP contribution in [-0.4, -0.2) is 49.3 Å². The number of nitrogens with two attached hydrogens (primary N) is 1. The fraction of sp³-hybridized carbons (Fsp3) is 0.797. The number of carbonyl (C=O) groups excluding carboxylic acids is 2. The highest BCUT2D eigenvalue weighted by atomic mass is 31.2. The average molecular weight is 1130 g/mol. The van der Waals surface area contributed by atoms with Crippen LogP contribution in [0.1, 0.15) is 322 Å². The van der Waals surface area contributed by atoms with Crippen molar-refractivity contribution in [3.8, 4) is 0 Å². The number of hydrogen-bond donors (Lipinski definition) is 2. The maximum atomic E-state index is 12.7. The number of esters is 2. The number of ether oxygens (including phenoxy) is 2. The molecule has 0 radical (unpaired) electrons. The van der Waals surface area contributed by atoms with E-state index in [0.717, 1.165) is 70.6 Å². The molecule has 0 saturated carbocycles. The fourth-order valence-corrected chi connectivity index (χ4v) is 10.5. The molecule has 0 aromatic carbocycles. The number of phosphoric ester groups is 1. The summed E-state index contributed by atoms with van der Waals surface area (Å²) >= 11 is 0. The van der Waals surface area contributed by atoms with E-state index in [4.69, 9.17) is 24.3 Å². The molecule has 2 unspecified atom stereocenters. The molecule has 10 heteroatoms. The van der Waals surface area contributed by atoms with E-state index in [2.05, 4.69) is 86.8 Å². The second-order valence-corrected chi connectivity index (χ2v) is 23.8. The average Bonchev–Trinajstić information content (AvgIpc) is 3.44. The summed E-state index contributed by atoms with van der Waals surface area (Å²) in [5.74, 6) is -0.870. The van der Waals surface area contributed by atoms with Crippen LogP contribution in [0.5, 0.6) is 0 Å². The first-order valence-electron chi connectivity index (χ1n) is 33.4. The Kier molecular flexibility index (Phi) is 62.5. The lowest BCUT2D eigenvalue weighted by atomic mass is 10.0. The van der Waals surface area contributed by atoms with E-state index in [0.29, 0.717) is 6.42 Å². The smallest absolute Gasteiger partial charge is 0.462 e. The predicted molar refractivity (Wildman–Crippen MR) is 339 cm³/mol. The minimum absolute atomic E-state index is 0.0439. The molecule has 0 aromatic heterocycles. The predicted octanol–water partition coefficient (Wildman–Crippen LogP) is 21.6. The Morgan fingerprint density at radius 3 is 1.04 bits per heavy atom. The number of phosphoric acid groups is 1. The number of rotatable bonds is 63. The van der Waals surface area contributed by atoms with Crippen LogP contribution in [0, 0.1) is 0 Å². The summed E-state index contributed by atoms with van der Waals surface area (Å²) < 4.78 is 33.0. The van der Waals surface area contributed by atoms with E-state index in [9.17, 15) is 19.0 Å². The van der Waals surface area contributed by atoms with Gasteiger partial charge in [-0.15, -0.1) is 0 Å². The van der Waals surface area contributed by atoms with Gasteiger partial charge in [-0.3, -0.25) is 18.6 Å². The van der Waals surface area contributed by atoms with Gasteiger partial charge in [0.15, 0.2) is 6.10 Å². The molecule has 2 atom stereocenters. The number of unbranched alkanes of at least 4 members (excludes halogenated alkanes) is 38. The number of allylic oxidation sites excluding steroid dienone is 12. The molecule has 0 rings (SSSR count). The van der Waals surface area contributed by atoms with Gasteiger partial charge in [0, 0.05) is 19.4 Å². The van der Waals surface area contributed by atoms with Crippen LogP contribution in [0.15, 0.2) is 72.9 Å². The van der Waals surface area contributed by atoms with E-state index >= 15 is 0 Å². The Labute approximate surface area is 488 Å². The van der Waals surface area contributed by atoms with Crippen molar-refractivity contribution in [3.05, 3.63) is 72.9 Å². The molecule has 3 N–H and O–H groups in total. The Morgan fingerprint density at radius 1 is 0.392 bits per heavy atom. The minimum atomic E-state index is -4.41. The zero-order chi connectivity index (χ0) is 57.3. The zero-order valence-corrected chi connectivity index (χ0v) is 52.5. The number of carbonyl (C=O) groups is 2. The van der Waals surface area contributed by atoms with Gasteiger partial charge in [0.2, 0.25) is 0 Å². The first-order valence-corrected chi connectivity index (χ1v) is 34.9. The standard InChI is InChI=1S/C69H126NO8P/c1-3-5-7-9-11-13-15-17-19-21-23-25-26-27-28-29-30-31-32-33-34-35-36-37-38-39-40-42-43-45-47-49-51-53-55-57-59-61-68(71)75-65-67(66-77-79(73,74)76-64-63-70)78-69(72)62-60-58-56-54-52-50-48-46-44-41-24-22-20-18-16-14-12-10-8-6-4-2/h6,8,12,14,18,20,24,41,46,48,52,54,67H,3-5,7,9-11,13,15-17,19,21-23,25-40,42-45,47,49-51,53,55-66,70H2,1-2H3,(H,73,74)/b8-6-,14-12-,20-18-,41-24-,48-46-,54-52-. The van der Waals surface area contributed by atoms with Crippen molar-refractivity contribution in [2.75, 3.05) is 26.4 Å². The summed E-state index contributed by atoms with van der Waals surface area (Å²) in [5, 5.41) is 0. The molecule has 0 aliphatic heterocycles. The molecule has 460 valence electrons. The molecule has 0 aliphatic rings. The largest absolute Gasteiger partial charge is 0.472 e. The minimum Gasteiger partial charge on any atom is -0.462 e. The molecule has 0 bridgehead atoms. The van der Waals surface area contributed by atoms with Gasteiger partial charge in [-0.1, -0.05) is 318 Å². The molecular formula is C69H126NO8P. The topological polar surface area (TPSA) is 134 Å². The van der Waals surface area contributed by atoms with Crippen LogP contribution in [0.25, 0.3) is 0 Å². The molecule has 0 spiro atoms. The van der Waals surface area contributed by atoms with Crippen LogP contribution in [0.2, 0.25) is 0 Å². The molecule has 0 aromatic rings. The van der Waals surface area contributed by atoms with Crippen LogP contribution in [0.3, 0.4) is 0 Å². The summed E-state index contributed by atoms with van der Waals surface area (Å²) in [6.45, 7) is 3.62. The number of hydrogen-bond acceptors (Lipinski definition) is 8. The third-order valence-corrected chi connectivity index (χ3v) is 15.6. The lowest BCUT2D eigenvalue weighted by molar-refractivity contribution is -0.161. The van der Waals surface area contributed by atoms with E-state index in [1.165, 1.54) is 218 Å². The normalized spacial score (nSPS) is 13.4. The summed E-state index contributed by atoms with van der Waals surface area (Å²) in [7, 11) is -4.41. The fourth-order valence-electron chi connectivity index (χ4n) is 9.70. The van der Waals surface area contributed by atoms with Gasteiger partial charge in [0.1, 0.15) is 6.61 Å². The Balaban J connectivity index is 3.84. The van der Waals surface area contributed by atoms with E-state index in [1.807, 2.05) is 0 Å². The molecule has 0 saturated heterocycles. The molecule has 0 amide bonds. The van der Waals surface area contributed by atoms with Crippen molar-refractivity contribution in [2.24, 2.45) is 5.73 Å². The highest BCUT2D eigenvalue weighted by molar-refractivity contribution is 7.47. The Hall–Kier alpha value is -2.55. The van der Waals surface area contributed by atoms with E-state index in [-0.39, 0.29) is 38.6 Å². The van der Waals surface area contributed by atoms with Crippen molar-refractivity contribution in [1.29, 1.82) is 0 Å². The Morgan fingerprint density at radius 2 is 0.696 bits per heavy atom. The van der Waals surface area contributed by atoms with Crippen molar-refractivity contribution < 1.29 is 37.6 Å². The van der Waals surface area contributed by atoms with Crippen LogP contribution in [-0.2, 0) is 32.7 Å². The van der Waals surface area contributed by atoms with Crippen LogP contribution in [0.4, 0.5) is 0 Å². The maximum absolute atomic E-state index is 12.7. The molecule has 0 fully saturated rings. The van der Waals surface area contributed by atoms with Gasteiger partial charge >= 0.3 is 19.8 Å². The van der Waals surface area contributed by atoms with Crippen molar-refractivity contribution in [3.63, 3.8) is 0 Å². The molecule has 79 heavy (non-hydrogen) atoms. The van der Waals surface area contributed by atoms with E-state index in [1.54, 1.807) is 0 Å². The highest BCUT2D eigenvalue weighted by Crippen LogP contribution is 2.43. The summed E-state index contributed by atoms with van der Waals surface area (Å²) in [6, 6.07) is 0. The molecule has 0 aliphatic carbocycles. The first kappa shape index (κ1) is 76.5. The van der Waals surface area contributed by atoms with Gasteiger partial charge in [0.05, 0.1) is 13.2 Å². The van der Waals surface area contributed by atoms with Gasteiger partial charge in [-0.25, -0.2) is 4.57 Å². The second-order valence-electron chi connectivity index (χ2n) is 22.3. The van der Waals surface area contributed by atoms with Gasteiger partial charge in [0.25, 0.3) is 0 Å². The van der Waals surface area contributed by atoms with Gasteiger partial charge < -0.3 is 20.1 Å². The maximum Gasteiger partial charge on any atom is 0.472 e. The third-order valence-electron chi connectivity index (χ3n) is 14.6. The van der Waals surface area contributed by atoms with Gasteiger partial charge in [-0.2, -0.15) is 0 Å². The van der Waals surface area contributed by atoms with E-state index < -0.39 is 26.5 Å². The third kappa shape index (κ3) is 64.5. The molecule has 9 nitrogen and oxygen atoms in total. The molecule has 0 heterocycles. The van der Waals surface area contributed by atoms with Crippen molar-refractivity contribution in [2.45, 2.75) is 328 Å². The van der Waals surface area contributed by atoms with Crippen molar-refractivity contribution in [1.82, 2.24) is 0 Å². The molecular weight excluding hydrogens is 1000 g/mol.